The number of rotatable bonds is 4. The molecular weight excluding hydrogens is 283 g/mol. The van der Waals surface area contributed by atoms with Gasteiger partial charge < -0.3 is 9.15 Å². The van der Waals surface area contributed by atoms with Crippen molar-refractivity contribution in [3.8, 4) is 0 Å². The molecule has 0 spiro atoms. The fraction of sp³-hybridized carbons (Fsp3) is 0.308. The third-order valence-electron chi connectivity index (χ3n) is 2.88. The summed E-state index contributed by atoms with van der Waals surface area (Å²) in [5, 5.41) is 7.73. The maximum atomic E-state index is 13.5. The van der Waals surface area contributed by atoms with Crippen LogP contribution in [-0.2, 0) is 16.0 Å². The molecule has 7 heteroatoms. The van der Waals surface area contributed by atoms with Gasteiger partial charge >= 0.3 is 5.97 Å². The number of carbonyl (C=O) groups is 1. The van der Waals surface area contributed by atoms with Crippen molar-refractivity contribution in [3.63, 3.8) is 0 Å². The molecule has 0 radical (unpaired) electrons. The van der Waals surface area contributed by atoms with Crippen LogP contribution in [0.1, 0.15) is 17.9 Å². The lowest BCUT2D eigenvalue weighted by Gasteiger charge is -2.00. The molecule has 1 fully saturated rings. The van der Waals surface area contributed by atoms with Gasteiger partial charge in [0.2, 0.25) is 5.89 Å². The first-order chi connectivity index (χ1) is 9.72. The minimum Gasteiger partial charge on any atom is -0.465 e. The number of ether oxygens (including phenoxy) is 1. The van der Waals surface area contributed by atoms with Gasteiger partial charge in [-0.05, 0) is 23.4 Å². The quantitative estimate of drug-likeness (QED) is 0.805. The average Bonchev–Trinajstić information content (AvgIpc) is 3.03. The van der Waals surface area contributed by atoms with Crippen LogP contribution < -0.4 is 0 Å². The minimum atomic E-state index is -0.306. The second-order valence-electron chi connectivity index (χ2n) is 4.29. The van der Waals surface area contributed by atoms with Crippen LogP contribution in [0.4, 0.5) is 4.39 Å². The van der Waals surface area contributed by atoms with Gasteiger partial charge in [0.25, 0.3) is 5.22 Å². The van der Waals surface area contributed by atoms with Crippen molar-refractivity contribution in [3.05, 3.63) is 41.5 Å². The molecule has 1 aliphatic rings. The number of thioether (sulfide) groups is 1. The molecule has 0 aliphatic carbocycles. The number of aromatic nitrogens is 2. The van der Waals surface area contributed by atoms with Crippen LogP contribution in [0.2, 0.25) is 0 Å². The molecule has 0 unspecified atom stereocenters. The standard InChI is InChI=1S/C13H11FN2O3S/c14-9-4-2-1-3-8(9)7-11-15-16-13(19-11)20-10-5-6-18-12(10)17/h1-4,10H,5-7H2/t10-/m0/s1. The fourth-order valence-electron chi connectivity index (χ4n) is 1.87. The first-order valence-corrected chi connectivity index (χ1v) is 6.99. The van der Waals surface area contributed by atoms with Gasteiger partial charge in [0, 0.05) is 6.42 Å². The predicted molar refractivity (Wildman–Crippen MR) is 68.7 cm³/mol. The van der Waals surface area contributed by atoms with Gasteiger partial charge in [-0.15, -0.1) is 10.2 Å². The first-order valence-electron chi connectivity index (χ1n) is 6.11. The molecule has 5 nitrogen and oxygen atoms in total. The number of esters is 1. The molecule has 0 N–H and O–H groups in total. The maximum Gasteiger partial charge on any atom is 0.319 e. The average molecular weight is 294 g/mol. The van der Waals surface area contributed by atoms with Gasteiger partial charge in [-0.3, -0.25) is 4.79 Å². The Kier molecular flexibility index (Phi) is 3.68. The van der Waals surface area contributed by atoms with E-state index in [1.165, 1.54) is 17.8 Å². The van der Waals surface area contributed by atoms with Crippen LogP contribution in [0.3, 0.4) is 0 Å². The molecule has 2 aromatic rings. The first kappa shape index (κ1) is 13.1. The maximum absolute atomic E-state index is 13.5. The number of cyclic esters (lactones) is 1. The molecule has 1 aromatic heterocycles. The highest BCUT2D eigenvalue weighted by Crippen LogP contribution is 2.28. The highest BCUT2D eigenvalue weighted by atomic mass is 32.2. The summed E-state index contributed by atoms with van der Waals surface area (Å²) in [5.74, 6) is -0.243. The third kappa shape index (κ3) is 2.82. The van der Waals surface area contributed by atoms with Crippen molar-refractivity contribution in [2.45, 2.75) is 23.3 Å². The van der Waals surface area contributed by atoms with E-state index < -0.39 is 0 Å². The Morgan fingerprint density at radius 3 is 2.95 bits per heavy atom. The summed E-state index contributed by atoms with van der Waals surface area (Å²) in [6, 6.07) is 6.43. The fourth-order valence-corrected chi connectivity index (χ4v) is 2.72. The van der Waals surface area contributed by atoms with Gasteiger partial charge in [0.1, 0.15) is 11.1 Å². The monoisotopic (exact) mass is 294 g/mol. The summed E-state index contributed by atoms with van der Waals surface area (Å²) in [4.78, 5) is 11.3. The predicted octanol–water partition coefficient (Wildman–Crippen LogP) is 2.21. The van der Waals surface area contributed by atoms with Crippen molar-refractivity contribution in [2.75, 3.05) is 6.61 Å². The molecule has 1 aromatic carbocycles. The van der Waals surface area contributed by atoms with Crippen molar-refractivity contribution in [1.82, 2.24) is 10.2 Å². The molecular formula is C13H11FN2O3S. The molecule has 20 heavy (non-hydrogen) atoms. The molecule has 3 rings (SSSR count). The second-order valence-corrected chi connectivity index (χ2v) is 5.45. The van der Waals surface area contributed by atoms with Crippen molar-refractivity contribution < 1.29 is 18.3 Å². The lowest BCUT2D eigenvalue weighted by atomic mass is 10.1. The Hall–Kier alpha value is -1.89. The van der Waals surface area contributed by atoms with E-state index >= 15 is 0 Å². The number of hydrogen-bond acceptors (Lipinski definition) is 6. The van der Waals surface area contributed by atoms with Gasteiger partial charge in [-0.2, -0.15) is 0 Å². The van der Waals surface area contributed by atoms with E-state index in [2.05, 4.69) is 10.2 Å². The van der Waals surface area contributed by atoms with Crippen molar-refractivity contribution in [1.29, 1.82) is 0 Å². The van der Waals surface area contributed by atoms with Crippen LogP contribution in [0.15, 0.2) is 33.9 Å². The minimum absolute atomic E-state index is 0.231. The normalized spacial score (nSPS) is 18.2. The second kappa shape index (κ2) is 5.62. The molecule has 0 saturated carbocycles. The Morgan fingerprint density at radius 1 is 1.35 bits per heavy atom. The number of nitrogens with zero attached hydrogens (tertiary/aromatic N) is 2. The molecule has 1 aliphatic heterocycles. The number of carbonyl (C=O) groups excluding carboxylic acids is 1. The number of hydrogen-bond donors (Lipinski definition) is 0. The smallest absolute Gasteiger partial charge is 0.319 e. The van der Waals surface area contributed by atoms with E-state index in [1.54, 1.807) is 18.2 Å². The molecule has 1 saturated heterocycles. The van der Waals surface area contributed by atoms with Crippen LogP contribution in [-0.4, -0.2) is 28.0 Å². The summed E-state index contributed by atoms with van der Waals surface area (Å²) < 4.78 is 23.8. The molecule has 104 valence electrons. The van der Waals surface area contributed by atoms with Gasteiger partial charge in [0.05, 0.1) is 13.0 Å². The summed E-state index contributed by atoms with van der Waals surface area (Å²) in [7, 11) is 0. The zero-order valence-corrected chi connectivity index (χ0v) is 11.2. The molecule has 2 heterocycles. The van der Waals surface area contributed by atoms with E-state index in [9.17, 15) is 9.18 Å². The van der Waals surface area contributed by atoms with E-state index in [-0.39, 0.29) is 23.5 Å². The number of benzene rings is 1. The van der Waals surface area contributed by atoms with E-state index in [4.69, 9.17) is 9.15 Å². The summed E-state index contributed by atoms with van der Waals surface area (Å²) >= 11 is 1.19. The molecule has 0 amide bonds. The highest BCUT2D eigenvalue weighted by molar-refractivity contribution is 8.00. The molecule has 0 bridgehead atoms. The highest BCUT2D eigenvalue weighted by Gasteiger charge is 2.29. The van der Waals surface area contributed by atoms with E-state index in [0.29, 0.717) is 29.7 Å². The largest absolute Gasteiger partial charge is 0.465 e. The van der Waals surface area contributed by atoms with Gasteiger partial charge in [-0.25, -0.2) is 4.39 Å². The zero-order chi connectivity index (χ0) is 13.9. The number of halogens is 1. The third-order valence-corrected chi connectivity index (χ3v) is 3.96. The van der Waals surface area contributed by atoms with Gasteiger partial charge in [0.15, 0.2) is 0 Å². The summed E-state index contributed by atoms with van der Waals surface area (Å²) in [5.41, 5.74) is 0.493. The summed E-state index contributed by atoms with van der Waals surface area (Å²) in [6.45, 7) is 0.423. The van der Waals surface area contributed by atoms with Crippen LogP contribution in [0, 0.1) is 5.82 Å². The topological polar surface area (TPSA) is 65.2 Å². The lowest BCUT2D eigenvalue weighted by Crippen LogP contribution is -2.09. The summed E-state index contributed by atoms with van der Waals surface area (Å²) in [6.07, 6.45) is 0.865. The molecule has 1 atom stereocenters. The van der Waals surface area contributed by atoms with Crippen molar-refractivity contribution >= 4 is 17.7 Å². The Bertz CT molecular complexity index is 632. The lowest BCUT2D eigenvalue weighted by molar-refractivity contribution is -0.137. The van der Waals surface area contributed by atoms with Crippen LogP contribution in [0.25, 0.3) is 0 Å². The van der Waals surface area contributed by atoms with E-state index in [0.717, 1.165) is 0 Å². The Balaban J connectivity index is 1.68. The van der Waals surface area contributed by atoms with Crippen molar-refractivity contribution in [2.24, 2.45) is 0 Å². The Labute approximate surface area is 118 Å². The van der Waals surface area contributed by atoms with Crippen LogP contribution >= 0.6 is 11.8 Å². The van der Waals surface area contributed by atoms with E-state index in [1.807, 2.05) is 0 Å². The van der Waals surface area contributed by atoms with Crippen LogP contribution in [0.5, 0.6) is 0 Å². The SMILES string of the molecule is O=C1OCC[C@@H]1Sc1nnc(Cc2ccccc2F)o1. The van der Waals surface area contributed by atoms with Gasteiger partial charge in [-0.1, -0.05) is 18.2 Å². The zero-order valence-electron chi connectivity index (χ0n) is 10.4. The Morgan fingerprint density at radius 2 is 2.20 bits per heavy atom.